The molecule has 0 fully saturated rings. The van der Waals surface area contributed by atoms with Crippen molar-refractivity contribution >= 4 is 5.91 Å². The molecule has 0 radical (unpaired) electrons. The van der Waals surface area contributed by atoms with Crippen molar-refractivity contribution in [1.82, 2.24) is 5.32 Å². The molecule has 1 aliphatic rings. The van der Waals surface area contributed by atoms with Gasteiger partial charge in [-0.25, -0.2) is 4.39 Å². The van der Waals surface area contributed by atoms with Crippen LogP contribution in [0.5, 0.6) is 5.75 Å². The Hall–Kier alpha value is -1.58. The molecule has 0 saturated heterocycles. The molecule has 1 aliphatic heterocycles. The highest BCUT2D eigenvalue weighted by Crippen LogP contribution is 2.20. The quantitative estimate of drug-likeness (QED) is 0.771. The van der Waals surface area contributed by atoms with E-state index >= 15 is 0 Å². The second kappa shape index (κ2) is 3.65. The molecule has 0 unspecified atom stereocenters. The Morgan fingerprint density at radius 3 is 3.14 bits per heavy atom. The van der Waals surface area contributed by atoms with Crippen LogP contribution in [0.15, 0.2) is 18.2 Å². The fourth-order valence-corrected chi connectivity index (χ4v) is 1.56. The molecule has 1 heterocycles. The highest BCUT2D eigenvalue weighted by Gasteiger charge is 2.16. The number of benzene rings is 1. The number of alkyl halides is 1. The van der Waals surface area contributed by atoms with Crippen LogP contribution in [0.1, 0.15) is 15.9 Å². The predicted octanol–water partition coefficient (Wildman–Crippen LogP) is 1.28. The van der Waals surface area contributed by atoms with Gasteiger partial charge >= 0.3 is 0 Å². The number of carbonyl (C=O) groups is 1. The van der Waals surface area contributed by atoms with Gasteiger partial charge < -0.3 is 10.1 Å². The Bertz CT molecular complexity index is 365. The minimum absolute atomic E-state index is 0.0713. The third kappa shape index (κ3) is 1.55. The molecule has 1 amide bonds. The van der Waals surface area contributed by atoms with Gasteiger partial charge in [0.05, 0.1) is 0 Å². The van der Waals surface area contributed by atoms with E-state index < -0.39 is 6.86 Å². The third-order valence-corrected chi connectivity index (χ3v) is 2.22. The number of halogens is 1. The van der Waals surface area contributed by atoms with E-state index in [4.69, 9.17) is 4.74 Å². The van der Waals surface area contributed by atoms with Gasteiger partial charge in [0.2, 0.25) is 6.86 Å². The molecule has 0 bridgehead atoms. The molecule has 0 spiro atoms. The number of hydrogen-bond acceptors (Lipinski definition) is 2. The highest BCUT2D eigenvalue weighted by atomic mass is 19.1. The summed E-state index contributed by atoms with van der Waals surface area (Å²) in [4.78, 5) is 11.3. The second-order valence-corrected chi connectivity index (χ2v) is 3.08. The summed E-state index contributed by atoms with van der Waals surface area (Å²) in [6.45, 7) is -0.212. The lowest BCUT2D eigenvalue weighted by Gasteiger charge is -2.16. The number of carbonyl (C=O) groups excluding carboxylic acids is 1. The van der Waals surface area contributed by atoms with Gasteiger partial charge in [-0.15, -0.1) is 0 Å². The zero-order chi connectivity index (χ0) is 9.97. The summed E-state index contributed by atoms with van der Waals surface area (Å²) in [7, 11) is 0. The van der Waals surface area contributed by atoms with E-state index in [0.717, 1.165) is 12.0 Å². The van der Waals surface area contributed by atoms with Crippen LogP contribution in [-0.2, 0) is 6.42 Å². The molecule has 3 nitrogen and oxygen atoms in total. The first-order valence-electron chi connectivity index (χ1n) is 4.41. The molecule has 1 aromatic rings. The molecule has 4 heteroatoms. The number of hydrogen-bond donors (Lipinski definition) is 1. The first-order valence-corrected chi connectivity index (χ1v) is 4.41. The molecule has 0 saturated carbocycles. The van der Waals surface area contributed by atoms with Crippen LogP contribution in [0.2, 0.25) is 0 Å². The molecule has 14 heavy (non-hydrogen) atoms. The molecular formula is C10H10FNO2. The molecule has 0 aromatic heterocycles. The van der Waals surface area contributed by atoms with Crippen molar-refractivity contribution in [3.63, 3.8) is 0 Å². The number of nitrogens with one attached hydrogen (secondary N) is 1. The topological polar surface area (TPSA) is 38.3 Å². The van der Waals surface area contributed by atoms with Gasteiger partial charge in [0, 0.05) is 12.1 Å². The van der Waals surface area contributed by atoms with E-state index in [9.17, 15) is 9.18 Å². The van der Waals surface area contributed by atoms with Crippen LogP contribution >= 0.6 is 0 Å². The maximum absolute atomic E-state index is 11.9. The first-order chi connectivity index (χ1) is 6.81. The van der Waals surface area contributed by atoms with Crippen LogP contribution in [0.25, 0.3) is 0 Å². The average Bonchev–Trinajstić information content (AvgIpc) is 2.18. The standard InChI is InChI=1S/C10H10FNO2/c11-6-14-8-1-2-9-7(5-8)3-4-12-10(9)13/h1-2,5H,3-4,6H2,(H,12,13). The van der Waals surface area contributed by atoms with Gasteiger partial charge in [-0.2, -0.15) is 0 Å². The van der Waals surface area contributed by atoms with E-state index in [2.05, 4.69) is 5.32 Å². The van der Waals surface area contributed by atoms with E-state index in [1.54, 1.807) is 18.2 Å². The fraction of sp³-hybridized carbons (Fsp3) is 0.300. The largest absolute Gasteiger partial charge is 0.463 e. The maximum Gasteiger partial charge on any atom is 0.251 e. The zero-order valence-corrected chi connectivity index (χ0v) is 7.55. The minimum Gasteiger partial charge on any atom is -0.463 e. The maximum atomic E-state index is 11.9. The lowest BCUT2D eigenvalue weighted by Crippen LogP contribution is -2.31. The zero-order valence-electron chi connectivity index (χ0n) is 7.55. The van der Waals surface area contributed by atoms with Crippen LogP contribution in [0.4, 0.5) is 4.39 Å². The number of amides is 1. The van der Waals surface area contributed by atoms with Gasteiger partial charge in [-0.1, -0.05) is 0 Å². The lowest BCUT2D eigenvalue weighted by atomic mass is 10.0. The number of ether oxygens (including phenoxy) is 1. The van der Waals surface area contributed by atoms with Gasteiger partial charge in [0.25, 0.3) is 5.91 Å². The summed E-state index contributed by atoms with van der Waals surface area (Å²) in [5, 5.41) is 2.74. The predicted molar refractivity (Wildman–Crippen MR) is 49.1 cm³/mol. The van der Waals surface area contributed by atoms with Crippen LogP contribution in [-0.4, -0.2) is 19.3 Å². The normalized spacial score (nSPS) is 14.5. The monoisotopic (exact) mass is 195 g/mol. The van der Waals surface area contributed by atoms with Gasteiger partial charge in [0.15, 0.2) is 0 Å². The highest BCUT2D eigenvalue weighted by molar-refractivity contribution is 5.96. The summed E-state index contributed by atoms with van der Waals surface area (Å²) in [5.41, 5.74) is 1.57. The summed E-state index contributed by atoms with van der Waals surface area (Å²) in [6, 6.07) is 4.98. The molecule has 1 aromatic carbocycles. The van der Waals surface area contributed by atoms with Crippen molar-refractivity contribution in [1.29, 1.82) is 0 Å². The molecule has 2 rings (SSSR count). The van der Waals surface area contributed by atoms with Crippen LogP contribution in [0.3, 0.4) is 0 Å². The van der Waals surface area contributed by atoms with E-state index in [1.807, 2.05) is 0 Å². The third-order valence-electron chi connectivity index (χ3n) is 2.22. The summed E-state index contributed by atoms with van der Waals surface area (Å²) < 4.78 is 16.6. The Balaban J connectivity index is 2.34. The van der Waals surface area contributed by atoms with Crippen molar-refractivity contribution in [3.05, 3.63) is 29.3 Å². The number of fused-ring (bicyclic) bond motifs is 1. The van der Waals surface area contributed by atoms with Gasteiger partial charge in [-0.3, -0.25) is 4.79 Å². The van der Waals surface area contributed by atoms with Gasteiger partial charge in [-0.05, 0) is 30.2 Å². The average molecular weight is 195 g/mol. The molecule has 74 valence electrons. The molecule has 1 N–H and O–H groups in total. The summed E-state index contributed by atoms with van der Waals surface area (Å²) in [6.07, 6.45) is 0.768. The van der Waals surface area contributed by atoms with Crippen molar-refractivity contribution in [2.45, 2.75) is 6.42 Å². The smallest absolute Gasteiger partial charge is 0.251 e. The molecule has 0 atom stereocenters. The van der Waals surface area contributed by atoms with Crippen molar-refractivity contribution in [3.8, 4) is 5.75 Å². The Morgan fingerprint density at radius 1 is 1.50 bits per heavy atom. The van der Waals surface area contributed by atoms with Crippen molar-refractivity contribution in [2.24, 2.45) is 0 Å². The Kier molecular flexibility index (Phi) is 2.35. The molecule has 0 aliphatic carbocycles. The van der Waals surface area contributed by atoms with E-state index in [1.165, 1.54) is 0 Å². The summed E-state index contributed by atoms with van der Waals surface area (Å²) in [5.74, 6) is 0.402. The van der Waals surface area contributed by atoms with Crippen LogP contribution < -0.4 is 10.1 Å². The Morgan fingerprint density at radius 2 is 2.36 bits per heavy atom. The Labute approximate surface area is 80.9 Å². The van der Waals surface area contributed by atoms with Gasteiger partial charge in [0.1, 0.15) is 5.75 Å². The second-order valence-electron chi connectivity index (χ2n) is 3.08. The minimum atomic E-state index is -0.842. The molecular weight excluding hydrogens is 185 g/mol. The lowest BCUT2D eigenvalue weighted by molar-refractivity contribution is 0.0946. The number of rotatable bonds is 2. The van der Waals surface area contributed by atoms with Crippen molar-refractivity contribution < 1.29 is 13.9 Å². The van der Waals surface area contributed by atoms with Crippen LogP contribution in [0, 0.1) is 0 Å². The first kappa shape index (κ1) is 8.99. The summed E-state index contributed by atoms with van der Waals surface area (Å²) >= 11 is 0. The fourth-order valence-electron chi connectivity index (χ4n) is 1.56. The SMILES string of the molecule is O=C1NCCc2cc(OCF)ccc21. The van der Waals surface area contributed by atoms with Crippen molar-refractivity contribution in [2.75, 3.05) is 13.4 Å². The van der Waals surface area contributed by atoms with E-state index in [0.29, 0.717) is 17.9 Å². The van der Waals surface area contributed by atoms with E-state index in [-0.39, 0.29) is 5.91 Å².